The maximum atomic E-state index is 12.3. The van der Waals surface area contributed by atoms with Gasteiger partial charge in [0.1, 0.15) is 12.2 Å². The molecule has 156 valence electrons. The van der Waals surface area contributed by atoms with E-state index < -0.39 is 30.4 Å². The first-order valence-corrected chi connectivity index (χ1v) is 9.65. The van der Waals surface area contributed by atoms with Crippen molar-refractivity contribution in [1.82, 2.24) is 10.2 Å². The van der Waals surface area contributed by atoms with Crippen LogP contribution in [0.25, 0.3) is 6.08 Å². The first-order valence-electron chi connectivity index (χ1n) is 8.57. The summed E-state index contributed by atoms with van der Waals surface area (Å²) in [4.78, 5) is 47.0. The third-order valence-corrected chi connectivity index (χ3v) is 4.34. The Kier molecular flexibility index (Phi) is 7.82. The predicted octanol–water partition coefficient (Wildman–Crippen LogP) is 1.61. The molecule has 3 amide bonds. The minimum Gasteiger partial charge on any atom is -0.490 e. The van der Waals surface area contributed by atoms with Gasteiger partial charge < -0.3 is 24.6 Å². The smallest absolute Gasteiger partial charge is 0.344 e. The largest absolute Gasteiger partial charge is 0.490 e. The van der Waals surface area contributed by atoms with Crippen LogP contribution >= 0.6 is 22.6 Å². The third kappa shape index (κ3) is 5.82. The number of aliphatic carboxylic acids is 1. The fourth-order valence-corrected chi connectivity index (χ4v) is 3.21. The fraction of sp³-hybridized carbons (Fsp3) is 0.333. The number of benzene rings is 1. The van der Waals surface area contributed by atoms with Crippen molar-refractivity contribution in [2.75, 3.05) is 26.4 Å². The summed E-state index contributed by atoms with van der Waals surface area (Å²) in [5.41, 5.74) is 0.455. The molecule has 1 fully saturated rings. The van der Waals surface area contributed by atoms with Crippen LogP contribution in [0.15, 0.2) is 17.8 Å². The second-order valence-electron chi connectivity index (χ2n) is 5.63. The van der Waals surface area contributed by atoms with Crippen LogP contribution in [0.5, 0.6) is 11.5 Å². The number of nitrogens with one attached hydrogen (secondary N) is 1. The molecule has 10 nitrogen and oxygen atoms in total. The number of imide groups is 1. The Morgan fingerprint density at radius 3 is 2.55 bits per heavy atom. The normalized spacial score (nSPS) is 14.7. The second-order valence-corrected chi connectivity index (χ2v) is 6.79. The van der Waals surface area contributed by atoms with E-state index in [2.05, 4.69) is 5.32 Å². The lowest BCUT2D eigenvalue weighted by Crippen LogP contribution is -2.35. The van der Waals surface area contributed by atoms with Crippen molar-refractivity contribution in [1.29, 1.82) is 0 Å². The average Bonchev–Trinajstić information content (AvgIpc) is 2.88. The van der Waals surface area contributed by atoms with Gasteiger partial charge in [-0.25, -0.2) is 14.5 Å². The van der Waals surface area contributed by atoms with E-state index in [0.717, 1.165) is 0 Å². The van der Waals surface area contributed by atoms with Crippen molar-refractivity contribution in [3.8, 4) is 11.5 Å². The highest BCUT2D eigenvalue weighted by Crippen LogP contribution is 2.35. The second kappa shape index (κ2) is 10.1. The lowest BCUT2D eigenvalue weighted by molar-refractivity contribution is -0.145. The third-order valence-electron chi connectivity index (χ3n) is 3.54. The maximum Gasteiger partial charge on any atom is 0.344 e. The molecular weight excluding hydrogens is 499 g/mol. The van der Waals surface area contributed by atoms with E-state index in [-0.39, 0.29) is 18.9 Å². The van der Waals surface area contributed by atoms with Gasteiger partial charge in [-0.2, -0.15) is 0 Å². The van der Waals surface area contributed by atoms with Crippen LogP contribution in [-0.4, -0.2) is 60.2 Å². The molecule has 0 bridgehead atoms. The van der Waals surface area contributed by atoms with E-state index >= 15 is 0 Å². The highest BCUT2D eigenvalue weighted by Gasteiger charge is 2.34. The van der Waals surface area contributed by atoms with Gasteiger partial charge in [0.15, 0.2) is 18.1 Å². The molecule has 1 aliphatic heterocycles. The van der Waals surface area contributed by atoms with Crippen LogP contribution in [0, 0.1) is 3.57 Å². The van der Waals surface area contributed by atoms with Gasteiger partial charge in [-0.05, 0) is 60.2 Å². The van der Waals surface area contributed by atoms with Gasteiger partial charge in [-0.1, -0.05) is 0 Å². The Labute approximate surface area is 179 Å². The summed E-state index contributed by atoms with van der Waals surface area (Å²) in [6.07, 6.45) is 1.40. The molecule has 1 heterocycles. The molecule has 1 saturated heterocycles. The summed E-state index contributed by atoms with van der Waals surface area (Å²) >= 11 is 1.99. The van der Waals surface area contributed by atoms with Gasteiger partial charge in [-0.15, -0.1) is 0 Å². The molecule has 0 aromatic heterocycles. The summed E-state index contributed by atoms with van der Waals surface area (Å²) in [5, 5.41) is 11.2. The molecule has 0 unspecified atom stereocenters. The number of carboxylic acid groups (broad SMARTS) is 1. The molecule has 0 atom stereocenters. The Balaban J connectivity index is 2.29. The first-order chi connectivity index (χ1) is 13.8. The number of halogens is 1. The number of carbonyl (C=O) groups excluding carboxylic acids is 3. The number of esters is 1. The van der Waals surface area contributed by atoms with Gasteiger partial charge >= 0.3 is 18.0 Å². The van der Waals surface area contributed by atoms with Crippen molar-refractivity contribution in [3.05, 3.63) is 27.0 Å². The maximum absolute atomic E-state index is 12.3. The minimum absolute atomic E-state index is 0.0605. The van der Waals surface area contributed by atoms with Gasteiger partial charge in [0.05, 0.1) is 16.8 Å². The van der Waals surface area contributed by atoms with Crippen molar-refractivity contribution in [2.45, 2.75) is 13.8 Å². The number of hydrogen-bond donors (Lipinski definition) is 2. The molecule has 0 spiro atoms. The van der Waals surface area contributed by atoms with Crippen LogP contribution in [0.4, 0.5) is 4.79 Å². The van der Waals surface area contributed by atoms with Crippen molar-refractivity contribution >= 4 is 52.5 Å². The zero-order chi connectivity index (χ0) is 21.6. The highest BCUT2D eigenvalue weighted by atomic mass is 127. The van der Waals surface area contributed by atoms with E-state index in [1.165, 1.54) is 6.08 Å². The number of ether oxygens (including phenoxy) is 3. The lowest BCUT2D eigenvalue weighted by Gasteiger charge is -2.14. The van der Waals surface area contributed by atoms with Gasteiger partial charge in [0, 0.05) is 0 Å². The number of carbonyl (C=O) groups is 4. The fourth-order valence-electron chi connectivity index (χ4n) is 2.43. The lowest BCUT2D eigenvalue weighted by atomic mass is 10.1. The number of urea groups is 1. The van der Waals surface area contributed by atoms with Crippen LogP contribution in [-0.2, 0) is 19.1 Å². The van der Waals surface area contributed by atoms with Crippen LogP contribution in [0.1, 0.15) is 19.4 Å². The van der Waals surface area contributed by atoms with E-state index in [4.69, 9.17) is 19.3 Å². The zero-order valence-electron chi connectivity index (χ0n) is 15.7. The van der Waals surface area contributed by atoms with Crippen LogP contribution in [0.3, 0.4) is 0 Å². The Morgan fingerprint density at radius 2 is 1.93 bits per heavy atom. The zero-order valence-corrected chi connectivity index (χ0v) is 17.8. The number of amides is 3. The molecule has 2 rings (SSSR count). The monoisotopic (exact) mass is 518 g/mol. The molecule has 0 radical (unpaired) electrons. The number of carboxylic acids is 1. The molecule has 11 heteroatoms. The van der Waals surface area contributed by atoms with Crippen molar-refractivity contribution in [2.24, 2.45) is 0 Å². The van der Waals surface area contributed by atoms with Gasteiger partial charge in [-0.3, -0.25) is 9.59 Å². The summed E-state index contributed by atoms with van der Waals surface area (Å²) in [5.74, 6) is -1.87. The molecule has 2 N–H and O–H groups in total. The highest BCUT2D eigenvalue weighted by molar-refractivity contribution is 14.1. The quantitative estimate of drug-likeness (QED) is 0.218. The Hall–Kier alpha value is -2.83. The van der Waals surface area contributed by atoms with Gasteiger partial charge in [0.25, 0.3) is 5.91 Å². The molecule has 29 heavy (non-hydrogen) atoms. The van der Waals surface area contributed by atoms with E-state index in [9.17, 15) is 19.2 Å². The summed E-state index contributed by atoms with van der Waals surface area (Å²) in [7, 11) is 0. The topological polar surface area (TPSA) is 131 Å². The summed E-state index contributed by atoms with van der Waals surface area (Å²) in [6, 6.07) is 2.44. The van der Waals surface area contributed by atoms with Crippen molar-refractivity contribution in [3.63, 3.8) is 0 Å². The average molecular weight is 518 g/mol. The Morgan fingerprint density at radius 1 is 1.21 bits per heavy atom. The molecular formula is C18H19IN2O8. The van der Waals surface area contributed by atoms with Crippen LogP contribution in [0.2, 0.25) is 0 Å². The SMILES string of the molecule is CCOC(=O)COc1c(I)cc(/C=C2/NC(=O)N(CC(=O)O)C2=O)cc1OCC. The standard InChI is InChI=1S/C18H19IN2O8/c1-3-27-13-7-10(5-11(19)16(13)29-9-15(24)28-4-2)6-12-17(25)21(8-14(22)23)18(26)20-12/h5-7H,3-4,8-9H2,1-2H3,(H,20,26)(H,22,23)/b12-6+. The molecule has 0 saturated carbocycles. The van der Waals surface area contributed by atoms with Gasteiger partial charge in [0.2, 0.25) is 0 Å². The molecule has 1 aromatic rings. The molecule has 1 aromatic carbocycles. The molecule has 0 aliphatic carbocycles. The Bertz CT molecular complexity index is 868. The predicted molar refractivity (Wildman–Crippen MR) is 108 cm³/mol. The van der Waals surface area contributed by atoms with Crippen LogP contribution < -0.4 is 14.8 Å². The number of hydrogen-bond acceptors (Lipinski definition) is 7. The number of nitrogens with zero attached hydrogens (tertiary/aromatic N) is 1. The first kappa shape index (κ1) is 22.5. The minimum atomic E-state index is -1.30. The van der Waals surface area contributed by atoms with E-state index in [1.54, 1.807) is 26.0 Å². The summed E-state index contributed by atoms with van der Waals surface area (Å²) < 4.78 is 16.5. The number of rotatable bonds is 9. The summed E-state index contributed by atoms with van der Waals surface area (Å²) in [6.45, 7) is 3.01. The van der Waals surface area contributed by atoms with Crippen molar-refractivity contribution < 1.29 is 38.5 Å². The van der Waals surface area contributed by atoms with E-state index in [0.29, 0.717) is 32.1 Å². The van der Waals surface area contributed by atoms with E-state index in [1.807, 2.05) is 22.6 Å². The molecule has 1 aliphatic rings.